The zero-order valence-electron chi connectivity index (χ0n) is 9.86. The zero-order chi connectivity index (χ0) is 12.0. The molecule has 0 fully saturated rings. The number of benzene rings is 1. The lowest BCUT2D eigenvalue weighted by atomic mass is 10.0. The summed E-state index contributed by atoms with van der Waals surface area (Å²) in [6.07, 6.45) is 0.889. The third-order valence-corrected chi connectivity index (χ3v) is 2.59. The van der Waals surface area contributed by atoms with Crippen molar-refractivity contribution >= 4 is 0 Å². The average molecular weight is 218 g/mol. The molecule has 0 saturated heterocycles. The van der Waals surface area contributed by atoms with Crippen molar-refractivity contribution in [2.75, 3.05) is 6.61 Å². The molecule has 0 saturated carbocycles. The van der Waals surface area contributed by atoms with Gasteiger partial charge in [-0.2, -0.15) is 5.26 Å². The van der Waals surface area contributed by atoms with Crippen LogP contribution in [0, 0.1) is 11.3 Å². The fraction of sp³-hybridized carbons (Fsp3) is 0.462. The van der Waals surface area contributed by atoms with Crippen LogP contribution in [0.4, 0.5) is 0 Å². The first-order valence-corrected chi connectivity index (χ1v) is 5.43. The molecule has 3 nitrogen and oxygen atoms in total. The van der Waals surface area contributed by atoms with Crippen LogP contribution in [0.5, 0.6) is 0 Å². The molecule has 3 heteroatoms. The highest BCUT2D eigenvalue weighted by Crippen LogP contribution is 2.09. The van der Waals surface area contributed by atoms with Crippen LogP contribution in [0.2, 0.25) is 0 Å². The molecule has 16 heavy (non-hydrogen) atoms. The molecule has 86 valence electrons. The van der Waals surface area contributed by atoms with E-state index in [4.69, 9.17) is 15.7 Å². The summed E-state index contributed by atoms with van der Waals surface area (Å²) >= 11 is 0. The van der Waals surface area contributed by atoms with Crippen molar-refractivity contribution in [3.63, 3.8) is 0 Å². The van der Waals surface area contributed by atoms with E-state index in [0.29, 0.717) is 18.8 Å². The first-order valence-electron chi connectivity index (χ1n) is 5.43. The largest absolute Gasteiger partial charge is 0.375 e. The van der Waals surface area contributed by atoms with Crippen LogP contribution in [0.1, 0.15) is 31.4 Å². The molecular formula is C13H18N2O. The Balaban J connectivity index is 2.41. The van der Waals surface area contributed by atoms with Crippen LogP contribution in [0.3, 0.4) is 0 Å². The van der Waals surface area contributed by atoms with Crippen molar-refractivity contribution in [3.05, 3.63) is 35.4 Å². The molecule has 1 unspecified atom stereocenters. The number of nitriles is 1. The van der Waals surface area contributed by atoms with Gasteiger partial charge in [0.2, 0.25) is 0 Å². The van der Waals surface area contributed by atoms with Gasteiger partial charge in [0.05, 0.1) is 24.8 Å². The summed E-state index contributed by atoms with van der Waals surface area (Å²) in [7, 11) is 0. The summed E-state index contributed by atoms with van der Waals surface area (Å²) in [5, 5.41) is 8.65. The van der Waals surface area contributed by atoms with E-state index in [0.717, 1.165) is 12.0 Å². The van der Waals surface area contributed by atoms with Crippen LogP contribution in [-0.2, 0) is 11.3 Å². The van der Waals surface area contributed by atoms with Crippen LogP contribution in [0.15, 0.2) is 24.3 Å². The van der Waals surface area contributed by atoms with Gasteiger partial charge in [0, 0.05) is 5.54 Å². The molecule has 2 N–H and O–H groups in total. The second kappa shape index (κ2) is 5.64. The minimum Gasteiger partial charge on any atom is -0.375 e. The third kappa shape index (κ3) is 4.01. The highest BCUT2D eigenvalue weighted by Gasteiger charge is 2.15. The molecule has 0 aromatic heterocycles. The van der Waals surface area contributed by atoms with Crippen LogP contribution in [0.25, 0.3) is 0 Å². The summed E-state index contributed by atoms with van der Waals surface area (Å²) in [6, 6.07) is 9.47. The quantitative estimate of drug-likeness (QED) is 0.824. The Morgan fingerprint density at radius 1 is 1.38 bits per heavy atom. The van der Waals surface area contributed by atoms with Crippen molar-refractivity contribution < 1.29 is 4.74 Å². The lowest BCUT2D eigenvalue weighted by Gasteiger charge is -2.22. The van der Waals surface area contributed by atoms with Crippen molar-refractivity contribution in [1.29, 1.82) is 5.26 Å². The Kier molecular flexibility index (Phi) is 4.48. The van der Waals surface area contributed by atoms with E-state index in [2.05, 4.69) is 6.07 Å². The highest BCUT2D eigenvalue weighted by molar-refractivity contribution is 5.31. The molecule has 0 amide bonds. The Bertz CT molecular complexity index is 363. The van der Waals surface area contributed by atoms with Gasteiger partial charge in [-0.15, -0.1) is 0 Å². The lowest BCUT2D eigenvalue weighted by molar-refractivity contribution is 0.0777. The molecule has 0 spiro atoms. The second-order valence-electron chi connectivity index (χ2n) is 4.31. The molecule has 0 aliphatic heterocycles. The van der Waals surface area contributed by atoms with E-state index in [1.165, 1.54) is 0 Å². The van der Waals surface area contributed by atoms with Crippen LogP contribution < -0.4 is 5.73 Å². The standard InChI is InChI=1S/C13H18N2O/c1-3-13(2,15)10-16-9-12-6-4-11(8-14)5-7-12/h4-7H,3,9-10,15H2,1-2H3. The normalized spacial score (nSPS) is 14.1. The van der Waals surface area contributed by atoms with Crippen molar-refractivity contribution in [2.45, 2.75) is 32.4 Å². The Morgan fingerprint density at radius 3 is 2.50 bits per heavy atom. The van der Waals surface area contributed by atoms with Gasteiger partial charge in [0.1, 0.15) is 0 Å². The smallest absolute Gasteiger partial charge is 0.0991 e. The van der Waals surface area contributed by atoms with Gasteiger partial charge in [-0.25, -0.2) is 0 Å². The van der Waals surface area contributed by atoms with E-state index in [9.17, 15) is 0 Å². The SMILES string of the molecule is CCC(C)(N)COCc1ccc(C#N)cc1. The molecule has 1 atom stereocenters. The Hall–Kier alpha value is -1.37. The maximum absolute atomic E-state index is 8.65. The van der Waals surface area contributed by atoms with Gasteiger partial charge in [-0.05, 0) is 31.0 Å². The lowest BCUT2D eigenvalue weighted by Crippen LogP contribution is -2.40. The number of ether oxygens (including phenoxy) is 1. The van der Waals surface area contributed by atoms with Crippen LogP contribution >= 0.6 is 0 Å². The van der Waals surface area contributed by atoms with Gasteiger partial charge in [0.15, 0.2) is 0 Å². The van der Waals surface area contributed by atoms with E-state index in [1.807, 2.05) is 26.0 Å². The molecule has 0 radical (unpaired) electrons. The fourth-order valence-corrected chi connectivity index (χ4v) is 1.18. The molecule has 0 aliphatic rings. The highest BCUT2D eigenvalue weighted by atomic mass is 16.5. The van der Waals surface area contributed by atoms with Crippen molar-refractivity contribution in [1.82, 2.24) is 0 Å². The number of hydrogen-bond acceptors (Lipinski definition) is 3. The molecular weight excluding hydrogens is 200 g/mol. The summed E-state index contributed by atoms with van der Waals surface area (Å²) in [4.78, 5) is 0. The van der Waals surface area contributed by atoms with Crippen LogP contribution in [-0.4, -0.2) is 12.1 Å². The maximum atomic E-state index is 8.65. The minimum absolute atomic E-state index is 0.257. The summed E-state index contributed by atoms with van der Waals surface area (Å²) < 4.78 is 5.54. The minimum atomic E-state index is -0.257. The fourth-order valence-electron chi connectivity index (χ4n) is 1.18. The van der Waals surface area contributed by atoms with Gasteiger partial charge in [-0.1, -0.05) is 19.1 Å². The summed E-state index contributed by atoms with van der Waals surface area (Å²) in [5.74, 6) is 0. The third-order valence-electron chi connectivity index (χ3n) is 2.59. The van der Waals surface area contributed by atoms with Gasteiger partial charge >= 0.3 is 0 Å². The topological polar surface area (TPSA) is 59.0 Å². The first kappa shape index (κ1) is 12.7. The average Bonchev–Trinajstić information content (AvgIpc) is 2.30. The number of nitrogens with zero attached hydrogens (tertiary/aromatic N) is 1. The van der Waals surface area contributed by atoms with Gasteiger partial charge < -0.3 is 10.5 Å². The second-order valence-corrected chi connectivity index (χ2v) is 4.31. The van der Waals surface area contributed by atoms with Gasteiger partial charge in [-0.3, -0.25) is 0 Å². The molecule has 1 aromatic rings. The molecule has 1 aromatic carbocycles. The van der Waals surface area contributed by atoms with E-state index < -0.39 is 0 Å². The van der Waals surface area contributed by atoms with Gasteiger partial charge in [0.25, 0.3) is 0 Å². The predicted molar refractivity (Wildman–Crippen MR) is 63.7 cm³/mol. The van der Waals surface area contributed by atoms with Crippen molar-refractivity contribution in [3.8, 4) is 6.07 Å². The monoisotopic (exact) mass is 218 g/mol. The summed E-state index contributed by atoms with van der Waals surface area (Å²) in [6.45, 7) is 5.11. The predicted octanol–water partition coefficient (Wildman–Crippen LogP) is 2.20. The Labute approximate surface area is 96.8 Å². The Morgan fingerprint density at radius 2 is 2.00 bits per heavy atom. The van der Waals surface area contributed by atoms with E-state index in [1.54, 1.807) is 12.1 Å². The number of nitrogens with two attached hydrogens (primary N) is 1. The molecule has 0 heterocycles. The van der Waals surface area contributed by atoms with E-state index >= 15 is 0 Å². The molecule has 1 rings (SSSR count). The number of hydrogen-bond donors (Lipinski definition) is 1. The number of rotatable bonds is 5. The maximum Gasteiger partial charge on any atom is 0.0991 e. The molecule has 0 aliphatic carbocycles. The van der Waals surface area contributed by atoms with E-state index in [-0.39, 0.29) is 5.54 Å². The zero-order valence-corrected chi connectivity index (χ0v) is 9.86. The van der Waals surface area contributed by atoms with Crippen molar-refractivity contribution in [2.24, 2.45) is 5.73 Å². The first-order chi connectivity index (χ1) is 7.57. The summed E-state index contributed by atoms with van der Waals surface area (Å²) in [5.41, 5.74) is 7.43. The molecule has 0 bridgehead atoms.